The van der Waals surface area contributed by atoms with Crippen LogP contribution < -0.4 is 14.8 Å². The number of anilines is 1. The quantitative estimate of drug-likeness (QED) is 0.883. The molecule has 3 rings (SSSR count). The molecule has 1 aliphatic rings. The normalized spacial score (nSPS) is 16.6. The van der Waals surface area contributed by atoms with E-state index in [1.165, 1.54) is 0 Å². The average Bonchev–Trinajstić information content (AvgIpc) is 3.16. The average molecular weight is 328 g/mol. The van der Waals surface area contributed by atoms with E-state index in [4.69, 9.17) is 14.2 Å². The first-order valence-corrected chi connectivity index (χ1v) is 7.88. The Balaban J connectivity index is 1.69. The fourth-order valence-corrected chi connectivity index (χ4v) is 2.52. The van der Waals surface area contributed by atoms with E-state index in [1.807, 2.05) is 12.1 Å². The van der Waals surface area contributed by atoms with Gasteiger partial charge in [-0.3, -0.25) is 9.78 Å². The maximum absolute atomic E-state index is 12.1. The number of carbonyl (C=O) groups excluding carboxylic acids is 1. The topological polar surface area (TPSA) is 69.7 Å². The van der Waals surface area contributed by atoms with E-state index in [0.717, 1.165) is 18.4 Å². The monoisotopic (exact) mass is 328 g/mol. The summed E-state index contributed by atoms with van der Waals surface area (Å²) in [5.74, 6) is 1.04. The molecule has 0 radical (unpaired) electrons. The highest BCUT2D eigenvalue weighted by Gasteiger charge is 2.23. The van der Waals surface area contributed by atoms with Crippen molar-refractivity contribution in [3.8, 4) is 11.5 Å². The molecular weight excluding hydrogens is 308 g/mol. The van der Waals surface area contributed by atoms with Crippen LogP contribution in [0.2, 0.25) is 0 Å². The first-order chi connectivity index (χ1) is 11.8. The number of hydrogen-bond donors (Lipinski definition) is 1. The van der Waals surface area contributed by atoms with E-state index in [0.29, 0.717) is 30.4 Å². The molecule has 1 aromatic heterocycles. The van der Waals surface area contributed by atoms with Crippen molar-refractivity contribution in [2.75, 3.05) is 19.0 Å². The van der Waals surface area contributed by atoms with E-state index in [2.05, 4.69) is 10.3 Å². The number of nitrogens with one attached hydrogen (secondary N) is 1. The van der Waals surface area contributed by atoms with Gasteiger partial charge in [0.15, 0.2) is 11.5 Å². The Kier molecular flexibility index (Phi) is 5.28. The third-order valence-electron chi connectivity index (χ3n) is 3.77. The molecule has 6 nitrogen and oxygen atoms in total. The summed E-state index contributed by atoms with van der Waals surface area (Å²) >= 11 is 0. The summed E-state index contributed by atoms with van der Waals surface area (Å²) in [7, 11) is 1.58. The van der Waals surface area contributed by atoms with Gasteiger partial charge in [-0.1, -0.05) is 6.07 Å². The fourth-order valence-electron chi connectivity index (χ4n) is 2.52. The number of methoxy groups -OCH3 is 1. The molecule has 126 valence electrons. The van der Waals surface area contributed by atoms with Gasteiger partial charge in [-0.05, 0) is 31.0 Å². The highest BCUT2D eigenvalue weighted by Crippen LogP contribution is 2.31. The van der Waals surface area contributed by atoms with Crippen molar-refractivity contribution < 1.29 is 19.0 Å². The van der Waals surface area contributed by atoms with Crippen LogP contribution in [0.1, 0.15) is 18.4 Å². The highest BCUT2D eigenvalue weighted by molar-refractivity contribution is 5.94. The first kappa shape index (κ1) is 16.3. The lowest BCUT2D eigenvalue weighted by Gasteiger charge is -2.14. The van der Waals surface area contributed by atoms with Crippen LogP contribution in [-0.4, -0.2) is 30.7 Å². The molecule has 2 aromatic rings. The van der Waals surface area contributed by atoms with E-state index in [1.54, 1.807) is 37.7 Å². The van der Waals surface area contributed by atoms with Gasteiger partial charge in [0.25, 0.3) is 5.91 Å². The van der Waals surface area contributed by atoms with Crippen molar-refractivity contribution in [1.82, 2.24) is 4.98 Å². The molecule has 6 heteroatoms. The molecule has 24 heavy (non-hydrogen) atoms. The van der Waals surface area contributed by atoms with Crippen LogP contribution in [0, 0.1) is 0 Å². The molecule has 0 spiro atoms. The van der Waals surface area contributed by atoms with Gasteiger partial charge in [-0.25, -0.2) is 0 Å². The van der Waals surface area contributed by atoms with Gasteiger partial charge in [0, 0.05) is 36.3 Å². The molecule has 0 aliphatic carbocycles. The minimum absolute atomic E-state index is 0.129. The van der Waals surface area contributed by atoms with Crippen LogP contribution in [0.25, 0.3) is 0 Å². The summed E-state index contributed by atoms with van der Waals surface area (Å²) in [6.45, 7) is 1.01. The third-order valence-corrected chi connectivity index (χ3v) is 3.77. The lowest BCUT2D eigenvalue weighted by Crippen LogP contribution is -2.26. The number of benzene rings is 1. The SMILES string of the molecule is COc1ccc(NC(=O)[C@@H]2CCCO2)cc1OCc1cccnc1. The van der Waals surface area contributed by atoms with E-state index < -0.39 is 0 Å². The van der Waals surface area contributed by atoms with Gasteiger partial charge in [-0.15, -0.1) is 0 Å². The van der Waals surface area contributed by atoms with Crippen LogP contribution in [0.15, 0.2) is 42.7 Å². The molecule has 2 heterocycles. The summed E-state index contributed by atoms with van der Waals surface area (Å²) in [5.41, 5.74) is 1.60. The second-order valence-corrected chi connectivity index (χ2v) is 5.51. The summed E-state index contributed by atoms with van der Waals surface area (Å²) in [6, 6.07) is 9.09. The number of carbonyl (C=O) groups is 1. The Morgan fingerprint density at radius 3 is 3.00 bits per heavy atom. The van der Waals surface area contributed by atoms with E-state index >= 15 is 0 Å². The molecule has 1 fully saturated rings. The Morgan fingerprint density at radius 2 is 2.29 bits per heavy atom. The number of ether oxygens (including phenoxy) is 3. The summed E-state index contributed by atoms with van der Waals surface area (Å²) in [5, 5.41) is 2.86. The van der Waals surface area contributed by atoms with Crippen LogP contribution in [0.3, 0.4) is 0 Å². The standard InChI is InChI=1S/C18H20N2O4/c1-22-15-7-6-14(20-18(21)16-5-3-9-23-16)10-17(15)24-12-13-4-2-8-19-11-13/h2,4,6-8,10-11,16H,3,5,9,12H2,1H3,(H,20,21)/t16-/m0/s1. The maximum atomic E-state index is 12.1. The van der Waals surface area contributed by atoms with Gasteiger partial charge in [-0.2, -0.15) is 0 Å². The summed E-state index contributed by atoms with van der Waals surface area (Å²) in [4.78, 5) is 16.2. The molecule has 0 bridgehead atoms. The second kappa shape index (κ2) is 7.79. The van der Waals surface area contributed by atoms with Crippen molar-refractivity contribution in [3.05, 3.63) is 48.3 Å². The molecule has 0 saturated carbocycles. The van der Waals surface area contributed by atoms with Crippen molar-refractivity contribution >= 4 is 11.6 Å². The molecular formula is C18H20N2O4. The minimum atomic E-state index is -0.369. The number of rotatable bonds is 6. The predicted octanol–water partition coefficient (Wildman–Crippen LogP) is 2.79. The van der Waals surface area contributed by atoms with Gasteiger partial charge in [0.05, 0.1) is 7.11 Å². The van der Waals surface area contributed by atoms with Crippen molar-refractivity contribution in [3.63, 3.8) is 0 Å². The third kappa shape index (κ3) is 4.02. The number of amides is 1. The number of nitrogens with zero attached hydrogens (tertiary/aromatic N) is 1. The maximum Gasteiger partial charge on any atom is 0.253 e. The van der Waals surface area contributed by atoms with Crippen molar-refractivity contribution in [2.45, 2.75) is 25.6 Å². The predicted molar refractivity (Wildman–Crippen MR) is 89.2 cm³/mol. The van der Waals surface area contributed by atoms with Gasteiger partial charge < -0.3 is 19.5 Å². The molecule has 1 aromatic carbocycles. The zero-order chi connectivity index (χ0) is 16.8. The van der Waals surface area contributed by atoms with Gasteiger partial charge >= 0.3 is 0 Å². The Bertz CT molecular complexity index is 685. The molecule has 1 amide bonds. The minimum Gasteiger partial charge on any atom is -0.493 e. The van der Waals surface area contributed by atoms with Gasteiger partial charge in [0.2, 0.25) is 0 Å². The van der Waals surface area contributed by atoms with Crippen molar-refractivity contribution in [1.29, 1.82) is 0 Å². The zero-order valence-electron chi connectivity index (χ0n) is 13.5. The molecule has 1 aliphatic heterocycles. The lowest BCUT2D eigenvalue weighted by atomic mass is 10.2. The fraction of sp³-hybridized carbons (Fsp3) is 0.333. The molecule has 1 atom stereocenters. The van der Waals surface area contributed by atoms with Crippen molar-refractivity contribution in [2.24, 2.45) is 0 Å². The lowest BCUT2D eigenvalue weighted by molar-refractivity contribution is -0.124. The Hall–Kier alpha value is -2.60. The van der Waals surface area contributed by atoms with E-state index in [9.17, 15) is 4.79 Å². The van der Waals surface area contributed by atoms with Crippen LogP contribution in [-0.2, 0) is 16.1 Å². The smallest absolute Gasteiger partial charge is 0.253 e. The second-order valence-electron chi connectivity index (χ2n) is 5.51. The zero-order valence-corrected chi connectivity index (χ0v) is 13.5. The molecule has 1 N–H and O–H groups in total. The molecule has 1 saturated heterocycles. The van der Waals surface area contributed by atoms with Crippen LogP contribution in [0.4, 0.5) is 5.69 Å². The van der Waals surface area contributed by atoms with Crippen LogP contribution in [0.5, 0.6) is 11.5 Å². The first-order valence-electron chi connectivity index (χ1n) is 7.88. The Labute approximate surface area is 140 Å². The largest absolute Gasteiger partial charge is 0.493 e. The number of aromatic nitrogens is 1. The van der Waals surface area contributed by atoms with E-state index in [-0.39, 0.29) is 12.0 Å². The Morgan fingerprint density at radius 1 is 1.38 bits per heavy atom. The van der Waals surface area contributed by atoms with Gasteiger partial charge in [0.1, 0.15) is 12.7 Å². The summed E-state index contributed by atoms with van der Waals surface area (Å²) in [6.07, 6.45) is 4.76. The van der Waals surface area contributed by atoms with Crippen LogP contribution >= 0.6 is 0 Å². The highest BCUT2D eigenvalue weighted by atomic mass is 16.5. The molecule has 0 unspecified atom stereocenters. The number of hydrogen-bond acceptors (Lipinski definition) is 5. The number of pyridine rings is 1. The summed E-state index contributed by atoms with van der Waals surface area (Å²) < 4.78 is 16.5.